The summed E-state index contributed by atoms with van der Waals surface area (Å²) in [5.74, 6) is 0. The van der Waals surface area contributed by atoms with Gasteiger partial charge in [-0.2, -0.15) is 0 Å². The van der Waals surface area contributed by atoms with Crippen LogP contribution in [0.4, 0.5) is 0 Å². The number of rotatable bonds is 3. The number of benzene rings is 2. The average molecular weight is 316 g/mol. The Labute approximate surface area is 127 Å². The van der Waals surface area contributed by atoms with Crippen LogP contribution in [-0.2, 0) is 6.42 Å². The van der Waals surface area contributed by atoms with Gasteiger partial charge in [-0.05, 0) is 35.7 Å². The molecule has 0 saturated carbocycles. The minimum Gasteiger partial charge on any atom is -0.388 e. The van der Waals surface area contributed by atoms with E-state index in [1.807, 2.05) is 31.2 Å². The molecular formula is C15H13Cl3O. The highest BCUT2D eigenvalue weighted by molar-refractivity contribution is 6.42. The first-order valence-corrected chi connectivity index (χ1v) is 7.00. The molecule has 4 heteroatoms. The van der Waals surface area contributed by atoms with E-state index in [-0.39, 0.29) is 0 Å². The van der Waals surface area contributed by atoms with E-state index in [2.05, 4.69) is 0 Å². The number of aliphatic hydroxyl groups excluding tert-OH is 1. The molecule has 100 valence electrons. The molecule has 0 radical (unpaired) electrons. The zero-order valence-electron chi connectivity index (χ0n) is 10.3. The first-order chi connectivity index (χ1) is 9.00. The maximum atomic E-state index is 10.3. The maximum absolute atomic E-state index is 10.3. The van der Waals surface area contributed by atoms with Gasteiger partial charge in [0.15, 0.2) is 0 Å². The lowest BCUT2D eigenvalue weighted by Crippen LogP contribution is -2.04. The molecule has 2 aromatic carbocycles. The molecule has 0 aliphatic heterocycles. The molecule has 0 saturated heterocycles. The summed E-state index contributed by atoms with van der Waals surface area (Å²) in [5.41, 5.74) is 2.51. The molecule has 1 nitrogen and oxygen atoms in total. The van der Waals surface area contributed by atoms with E-state index in [4.69, 9.17) is 34.8 Å². The summed E-state index contributed by atoms with van der Waals surface area (Å²) in [5, 5.41) is 12.0. The van der Waals surface area contributed by atoms with Crippen LogP contribution >= 0.6 is 34.8 Å². The standard InChI is InChI=1S/C15H13Cl3O/c1-9-11(5-3-6-12(9)16)14(19)8-10-4-2-7-13(17)15(10)18/h2-7,14,19H,8H2,1H3. The molecule has 0 spiro atoms. The fourth-order valence-corrected chi connectivity index (χ4v) is 2.59. The van der Waals surface area contributed by atoms with Crippen LogP contribution in [0, 0.1) is 6.92 Å². The average Bonchev–Trinajstić information content (AvgIpc) is 2.38. The first-order valence-electron chi connectivity index (χ1n) is 5.86. The highest BCUT2D eigenvalue weighted by atomic mass is 35.5. The van der Waals surface area contributed by atoms with Gasteiger partial charge in [-0.15, -0.1) is 0 Å². The van der Waals surface area contributed by atoms with E-state index in [0.29, 0.717) is 21.5 Å². The molecule has 0 amide bonds. The van der Waals surface area contributed by atoms with Crippen molar-refractivity contribution in [2.45, 2.75) is 19.4 Å². The van der Waals surface area contributed by atoms with Gasteiger partial charge >= 0.3 is 0 Å². The van der Waals surface area contributed by atoms with E-state index in [1.165, 1.54) is 0 Å². The molecule has 2 rings (SSSR count). The van der Waals surface area contributed by atoms with Gasteiger partial charge in [-0.3, -0.25) is 0 Å². The van der Waals surface area contributed by atoms with Gasteiger partial charge in [-0.1, -0.05) is 59.1 Å². The Morgan fingerprint density at radius 1 is 1.00 bits per heavy atom. The van der Waals surface area contributed by atoms with Gasteiger partial charge in [0.05, 0.1) is 16.1 Å². The van der Waals surface area contributed by atoms with Crippen LogP contribution in [0.5, 0.6) is 0 Å². The first kappa shape index (κ1) is 14.7. The molecule has 1 atom stereocenters. The summed E-state index contributed by atoms with van der Waals surface area (Å²) in [4.78, 5) is 0. The predicted molar refractivity (Wildman–Crippen MR) is 81.3 cm³/mol. The van der Waals surface area contributed by atoms with E-state index >= 15 is 0 Å². The van der Waals surface area contributed by atoms with Crippen LogP contribution in [0.15, 0.2) is 36.4 Å². The minimum absolute atomic E-state index is 0.403. The van der Waals surface area contributed by atoms with Gasteiger partial charge < -0.3 is 5.11 Å². The lowest BCUT2D eigenvalue weighted by Gasteiger charge is -2.15. The summed E-state index contributed by atoms with van der Waals surface area (Å²) in [6.45, 7) is 1.89. The summed E-state index contributed by atoms with van der Waals surface area (Å²) < 4.78 is 0. The van der Waals surface area contributed by atoms with Crippen LogP contribution < -0.4 is 0 Å². The fourth-order valence-electron chi connectivity index (χ4n) is 2.01. The molecule has 0 heterocycles. The second kappa shape index (κ2) is 6.15. The molecule has 2 aromatic rings. The van der Waals surface area contributed by atoms with Gasteiger partial charge in [0, 0.05) is 11.4 Å². The van der Waals surface area contributed by atoms with Crippen molar-refractivity contribution in [3.63, 3.8) is 0 Å². The summed E-state index contributed by atoms with van der Waals surface area (Å²) in [6, 6.07) is 10.9. The second-order valence-electron chi connectivity index (χ2n) is 4.39. The topological polar surface area (TPSA) is 20.2 Å². The van der Waals surface area contributed by atoms with Crippen molar-refractivity contribution in [1.82, 2.24) is 0 Å². The maximum Gasteiger partial charge on any atom is 0.0833 e. The van der Waals surface area contributed by atoms with Crippen LogP contribution in [0.2, 0.25) is 15.1 Å². The molecule has 0 fully saturated rings. The van der Waals surface area contributed by atoms with Crippen LogP contribution in [-0.4, -0.2) is 5.11 Å². The van der Waals surface area contributed by atoms with Crippen LogP contribution in [0.1, 0.15) is 22.8 Å². The SMILES string of the molecule is Cc1c(Cl)cccc1C(O)Cc1cccc(Cl)c1Cl. The van der Waals surface area contributed by atoms with Crippen LogP contribution in [0.25, 0.3) is 0 Å². The largest absolute Gasteiger partial charge is 0.388 e. The minimum atomic E-state index is -0.658. The molecule has 0 aromatic heterocycles. The van der Waals surface area contributed by atoms with Gasteiger partial charge in [-0.25, -0.2) is 0 Å². The lowest BCUT2D eigenvalue weighted by molar-refractivity contribution is 0.178. The fraction of sp³-hybridized carbons (Fsp3) is 0.200. The Balaban J connectivity index is 2.28. The third-order valence-corrected chi connectivity index (χ3v) is 4.38. The summed E-state index contributed by atoms with van der Waals surface area (Å²) >= 11 is 18.2. The van der Waals surface area contributed by atoms with E-state index in [1.54, 1.807) is 12.1 Å². The zero-order valence-corrected chi connectivity index (χ0v) is 12.6. The summed E-state index contributed by atoms with van der Waals surface area (Å²) in [7, 11) is 0. The smallest absolute Gasteiger partial charge is 0.0833 e. The van der Waals surface area contributed by atoms with E-state index < -0.39 is 6.10 Å². The Kier molecular flexibility index (Phi) is 4.75. The Bertz CT molecular complexity index is 596. The molecule has 0 bridgehead atoms. The normalized spacial score (nSPS) is 12.5. The van der Waals surface area contributed by atoms with Gasteiger partial charge in [0.25, 0.3) is 0 Å². The van der Waals surface area contributed by atoms with Gasteiger partial charge in [0.1, 0.15) is 0 Å². The van der Waals surface area contributed by atoms with Crippen molar-refractivity contribution in [3.8, 4) is 0 Å². The number of aliphatic hydroxyl groups is 1. The number of hydrogen-bond acceptors (Lipinski definition) is 1. The highest BCUT2D eigenvalue weighted by Crippen LogP contribution is 2.31. The van der Waals surface area contributed by atoms with Gasteiger partial charge in [0.2, 0.25) is 0 Å². The molecule has 0 aliphatic carbocycles. The number of hydrogen-bond donors (Lipinski definition) is 1. The molecule has 1 N–H and O–H groups in total. The molecular weight excluding hydrogens is 303 g/mol. The van der Waals surface area contributed by atoms with Crippen molar-refractivity contribution >= 4 is 34.8 Å². The molecule has 0 aliphatic rings. The second-order valence-corrected chi connectivity index (χ2v) is 5.58. The third-order valence-electron chi connectivity index (χ3n) is 3.11. The Hall–Kier alpha value is -0.730. The third kappa shape index (κ3) is 3.24. The van der Waals surface area contributed by atoms with Crippen molar-refractivity contribution in [1.29, 1.82) is 0 Å². The van der Waals surface area contributed by atoms with Crippen molar-refractivity contribution < 1.29 is 5.11 Å². The summed E-state index contributed by atoms with van der Waals surface area (Å²) in [6.07, 6.45) is -0.254. The Morgan fingerprint density at radius 3 is 2.37 bits per heavy atom. The predicted octanol–water partition coefficient (Wildman–Crippen LogP) is 5.23. The molecule has 1 unspecified atom stereocenters. The van der Waals surface area contributed by atoms with Crippen molar-refractivity contribution in [2.75, 3.05) is 0 Å². The monoisotopic (exact) mass is 314 g/mol. The lowest BCUT2D eigenvalue weighted by atomic mass is 9.98. The van der Waals surface area contributed by atoms with E-state index in [0.717, 1.165) is 16.7 Å². The van der Waals surface area contributed by atoms with Crippen LogP contribution in [0.3, 0.4) is 0 Å². The Morgan fingerprint density at radius 2 is 1.63 bits per heavy atom. The van der Waals surface area contributed by atoms with E-state index in [9.17, 15) is 5.11 Å². The number of halogens is 3. The molecule has 19 heavy (non-hydrogen) atoms. The van der Waals surface area contributed by atoms with Crippen molar-refractivity contribution in [2.24, 2.45) is 0 Å². The quantitative estimate of drug-likeness (QED) is 0.822. The zero-order chi connectivity index (χ0) is 14.0. The van der Waals surface area contributed by atoms with Crippen molar-refractivity contribution in [3.05, 3.63) is 68.2 Å². The highest BCUT2D eigenvalue weighted by Gasteiger charge is 2.15.